The Morgan fingerprint density at radius 3 is 2.75 bits per heavy atom. The Hall–Kier alpha value is -1.59. The summed E-state index contributed by atoms with van der Waals surface area (Å²) in [5.74, 6) is 0.139. The molecule has 0 aromatic heterocycles. The molecule has 2 saturated heterocycles. The molecule has 1 amide bonds. The van der Waals surface area contributed by atoms with Crippen LogP contribution in [0.15, 0.2) is 24.3 Å². The molecule has 1 aromatic rings. The van der Waals surface area contributed by atoms with E-state index < -0.39 is 0 Å². The number of nitrogens with zero attached hydrogens (tertiary/aromatic N) is 1. The average Bonchev–Trinajstić information content (AvgIpc) is 3.01. The summed E-state index contributed by atoms with van der Waals surface area (Å²) in [4.78, 5) is 14.3. The van der Waals surface area contributed by atoms with Crippen LogP contribution < -0.4 is 0 Å². The number of hydrogen-bond donors (Lipinski definition) is 1. The Morgan fingerprint density at radius 2 is 2.00 bits per heavy atom. The van der Waals surface area contributed by atoms with Crippen LogP contribution in [0.4, 0.5) is 0 Å². The van der Waals surface area contributed by atoms with E-state index in [-0.39, 0.29) is 23.9 Å². The van der Waals surface area contributed by atoms with Crippen LogP contribution in [0, 0.1) is 5.92 Å². The Kier molecular flexibility index (Phi) is 3.89. The Balaban J connectivity index is 1.70. The lowest BCUT2D eigenvalue weighted by atomic mass is 9.96. The standard InChI is InChI=1S/C15H19NO4/c17-13-6-2-1-5-12(13)14(18)16-7-3-4-11(10-16)15-19-8-9-20-15/h1-2,5-6,11,15,17H,3-4,7-10H2/t11-/m1/s1. The predicted molar refractivity (Wildman–Crippen MR) is 72.4 cm³/mol. The van der Waals surface area contributed by atoms with E-state index in [1.807, 2.05) is 0 Å². The lowest BCUT2D eigenvalue weighted by Crippen LogP contribution is -2.43. The molecule has 3 rings (SSSR count). The molecule has 5 nitrogen and oxygen atoms in total. The molecule has 0 aliphatic carbocycles. The summed E-state index contributed by atoms with van der Waals surface area (Å²) in [6, 6.07) is 6.67. The molecule has 1 atom stereocenters. The summed E-state index contributed by atoms with van der Waals surface area (Å²) in [5.41, 5.74) is 0.362. The molecule has 2 aliphatic rings. The first-order valence-electron chi connectivity index (χ1n) is 7.06. The highest BCUT2D eigenvalue weighted by molar-refractivity contribution is 5.96. The van der Waals surface area contributed by atoms with Crippen LogP contribution in [0.3, 0.4) is 0 Å². The Labute approximate surface area is 118 Å². The first-order chi connectivity index (χ1) is 9.75. The van der Waals surface area contributed by atoms with Crippen LogP contribution >= 0.6 is 0 Å². The second kappa shape index (κ2) is 5.81. The molecule has 0 saturated carbocycles. The van der Waals surface area contributed by atoms with Crippen LogP contribution in [0.1, 0.15) is 23.2 Å². The van der Waals surface area contributed by atoms with Crippen molar-refractivity contribution in [3.63, 3.8) is 0 Å². The molecule has 5 heteroatoms. The number of hydrogen-bond acceptors (Lipinski definition) is 4. The normalized spacial score (nSPS) is 24.0. The third-order valence-electron chi connectivity index (χ3n) is 3.91. The monoisotopic (exact) mass is 277 g/mol. The summed E-state index contributed by atoms with van der Waals surface area (Å²) in [5, 5.41) is 9.79. The van der Waals surface area contributed by atoms with E-state index in [4.69, 9.17) is 9.47 Å². The summed E-state index contributed by atoms with van der Waals surface area (Å²) in [7, 11) is 0. The van der Waals surface area contributed by atoms with E-state index in [0.717, 1.165) is 19.4 Å². The molecule has 0 unspecified atom stereocenters. The van der Waals surface area contributed by atoms with Gasteiger partial charge in [-0.15, -0.1) is 0 Å². The molecule has 1 N–H and O–H groups in total. The van der Waals surface area contributed by atoms with Crippen LogP contribution in [-0.4, -0.2) is 48.5 Å². The number of likely N-dealkylation sites (tertiary alicyclic amines) is 1. The number of phenolic OH excluding ortho intramolecular Hbond substituents is 1. The zero-order chi connectivity index (χ0) is 13.9. The minimum absolute atomic E-state index is 0.0352. The quantitative estimate of drug-likeness (QED) is 0.892. The molecule has 0 spiro atoms. The van der Waals surface area contributed by atoms with Crippen molar-refractivity contribution in [2.24, 2.45) is 5.92 Å². The zero-order valence-corrected chi connectivity index (χ0v) is 11.3. The first kappa shape index (κ1) is 13.4. The SMILES string of the molecule is O=C(c1ccccc1O)N1CCC[C@@H](C2OCCO2)C1. The largest absolute Gasteiger partial charge is 0.507 e. The van der Waals surface area contributed by atoms with Crippen LogP contribution in [0.5, 0.6) is 5.75 Å². The molecule has 2 aliphatic heterocycles. The Morgan fingerprint density at radius 1 is 1.25 bits per heavy atom. The third kappa shape index (κ3) is 2.64. The smallest absolute Gasteiger partial charge is 0.257 e. The van der Waals surface area contributed by atoms with E-state index in [1.54, 1.807) is 23.1 Å². The van der Waals surface area contributed by atoms with Gasteiger partial charge in [0.2, 0.25) is 0 Å². The number of ether oxygens (including phenoxy) is 2. The maximum Gasteiger partial charge on any atom is 0.257 e. The summed E-state index contributed by atoms with van der Waals surface area (Å²) >= 11 is 0. The number of benzene rings is 1. The number of aromatic hydroxyl groups is 1. The lowest BCUT2D eigenvalue weighted by Gasteiger charge is -2.34. The van der Waals surface area contributed by atoms with Crippen LogP contribution in [-0.2, 0) is 9.47 Å². The van der Waals surface area contributed by atoms with Crippen molar-refractivity contribution in [3.05, 3.63) is 29.8 Å². The second-order valence-corrected chi connectivity index (χ2v) is 5.28. The van der Waals surface area contributed by atoms with E-state index >= 15 is 0 Å². The van der Waals surface area contributed by atoms with Crippen molar-refractivity contribution in [3.8, 4) is 5.75 Å². The van der Waals surface area contributed by atoms with Gasteiger partial charge in [-0.3, -0.25) is 4.79 Å². The Bertz CT molecular complexity index is 485. The molecule has 0 radical (unpaired) electrons. The topological polar surface area (TPSA) is 59.0 Å². The molecular formula is C15H19NO4. The fourth-order valence-corrected chi connectivity index (χ4v) is 2.89. The molecule has 1 aromatic carbocycles. The fraction of sp³-hybridized carbons (Fsp3) is 0.533. The fourth-order valence-electron chi connectivity index (χ4n) is 2.89. The molecule has 0 bridgehead atoms. The maximum absolute atomic E-state index is 12.5. The summed E-state index contributed by atoms with van der Waals surface area (Å²) in [6.45, 7) is 2.61. The number of phenols is 1. The van der Waals surface area contributed by atoms with E-state index in [9.17, 15) is 9.90 Å². The van der Waals surface area contributed by atoms with Gasteiger partial charge in [-0.25, -0.2) is 0 Å². The van der Waals surface area contributed by atoms with E-state index in [0.29, 0.717) is 25.3 Å². The van der Waals surface area contributed by atoms with Gasteiger partial charge >= 0.3 is 0 Å². The summed E-state index contributed by atoms with van der Waals surface area (Å²) in [6.07, 6.45) is 1.76. The number of carbonyl (C=O) groups excluding carboxylic acids is 1. The van der Waals surface area contributed by atoms with Gasteiger partial charge in [0.15, 0.2) is 6.29 Å². The van der Waals surface area contributed by atoms with Crippen molar-refractivity contribution in [1.82, 2.24) is 4.90 Å². The second-order valence-electron chi connectivity index (χ2n) is 5.28. The highest BCUT2D eigenvalue weighted by atomic mass is 16.7. The van der Waals surface area contributed by atoms with Gasteiger partial charge in [0.05, 0.1) is 18.8 Å². The molecule has 2 fully saturated rings. The van der Waals surface area contributed by atoms with Gasteiger partial charge in [0.1, 0.15) is 5.75 Å². The molecular weight excluding hydrogens is 258 g/mol. The highest BCUT2D eigenvalue weighted by Crippen LogP contribution is 2.27. The van der Waals surface area contributed by atoms with Crippen molar-refractivity contribution >= 4 is 5.91 Å². The van der Waals surface area contributed by atoms with Gasteiger partial charge in [-0.1, -0.05) is 12.1 Å². The van der Waals surface area contributed by atoms with E-state index in [2.05, 4.69) is 0 Å². The molecule has 2 heterocycles. The molecule has 108 valence electrons. The third-order valence-corrected chi connectivity index (χ3v) is 3.91. The first-order valence-corrected chi connectivity index (χ1v) is 7.06. The number of amides is 1. The van der Waals surface area contributed by atoms with Gasteiger partial charge in [-0.2, -0.15) is 0 Å². The maximum atomic E-state index is 12.5. The van der Waals surface area contributed by atoms with Crippen molar-refractivity contribution in [2.45, 2.75) is 19.1 Å². The van der Waals surface area contributed by atoms with Gasteiger partial charge in [-0.05, 0) is 25.0 Å². The zero-order valence-electron chi connectivity index (χ0n) is 11.3. The van der Waals surface area contributed by atoms with Gasteiger partial charge in [0.25, 0.3) is 5.91 Å². The number of rotatable bonds is 2. The van der Waals surface area contributed by atoms with Crippen LogP contribution in [0.2, 0.25) is 0 Å². The number of piperidine rings is 1. The predicted octanol–water partition coefficient (Wildman–Crippen LogP) is 1.62. The lowest BCUT2D eigenvalue weighted by molar-refractivity contribution is -0.0969. The van der Waals surface area contributed by atoms with Crippen molar-refractivity contribution in [1.29, 1.82) is 0 Å². The number of carbonyl (C=O) groups is 1. The van der Waals surface area contributed by atoms with Gasteiger partial charge < -0.3 is 19.5 Å². The minimum Gasteiger partial charge on any atom is -0.507 e. The van der Waals surface area contributed by atoms with Gasteiger partial charge in [0, 0.05) is 19.0 Å². The number of para-hydroxylation sites is 1. The summed E-state index contributed by atoms with van der Waals surface area (Å²) < 4.78 is 11.1. The molecule has 20 heavy (non-hydrogen) atoms. The van der Waals surface area contributed by atoms with Crippen molar-refractivity contribution in [2.75, 3.05) is 26.3 Å². The highest BCUT2D eigenvalue weighted by Gasteiger charge is 2.33. The van der Waals surface area contributed by atoms with Crippen molar-refractivity contribution < 1.29 is 19.4 Å². The van der Waals surface area contributed by atoms with Crippen LogP contribution in [0.25, 0.3) is 0 Å². The van der Waals surface area contributed by atoms with E-state index in [1.165, 1.54) is 6.07 Å². The average molecular weight is 277 g/mol. The minimum atomic E-state index is -0.185.